The zero-order valence-electron chi connectivity index (χ0n) is 16.1. The summed E-state index contributed by atoms with van der Waals surface area (Å²) in [7, 11) is 0. The van der Waals surface area contributed by atoms with E-state index in [4.69, 9.17) is 0 Å². The van der Waals surface area contributed by atoms with Gasteiger partial charge >= 0.3 is 0 Å². The number of fused-ring (bicyclic) bond motifs is 6. The van der Waals surface area contributed by atoms with Crippen molar-refractivity contribution >= 4 is 43.1 Å². The quantitative estimate of drug-likeness (QED) is 0.229. The van der Waals surface area contributed by atoms with Crippen LogP contribution in [-0.4, -0.2) is 10.2 Å². The minimum atomic E-state index is -0.0858. The maximum Gasteiger partial charge on any atom is 0.166 e. The number of hydrogen-bond donors (Lipinski definition) is 2. The average molecular weight is 386 g/mol. The van der Waals surface area contributed by atoms with Crippen molar-refractivity contribution in [2.45, 2.75) is 0 Å². The first-order valence-corrected chi connectivity index (χ1v) is 9.99. The molecule has 0 spiro atoms. The summed E-state index contributed by atoms with van der Waals surface area (Å²) >= 11 is 0. The lowest BCUT2D eigenvalue weighted by Gasteiger charge is -2.13. The molecule has 2 heteroatoms. The summed E-state index contributed by atoms with van der Waals surface area (Å²) in [5, 5.41) is 30.0. The maximum absolute atomic E-state index is 10.9. The van der Waals surface area contributed by atoms with E-state index in [2.05, 4.69) is 42.5 Å². The fourth-order valence-corrected chi connectivity index (χ4v) is 4.52. The van der Waals surface area contributed by atoms with E-state index in [9.17, 15) is 10.2 Å². The minimum Gasteiger partial charge on any atom is -0.504 e. The molecule has 142 valence electrons. The van der Waals surface area contributed by atoms with Gasteiger partial charge in [0, 0.05) is 10.9 Å². The fraction of sp³-hybridized carbons (Fsp3) is 0. The summed E-state index contributed by atoms with van der Waals surface area (Å²) in [6, 6.07) is 32.6. The van der Waals surface area contributed by atoms with E-state index < -0.39 is 0 Å². The fourth-order valence-electron chi connectivity index (χ4n) is 4.52. The van der Waals surface area contributed by atoms with Crippen molar-refractivity contribution in [2.75, 3.05) is 0 Å². The van der Waals surface area contributed by atoms with Gasteiger partial charge in [-0.3, -0.25) is 0 Å². The molecule has 6 aromatic rings. The largest absolute Gasteiger partial charge is 0.504 e. The third-order valence-corrected chi connectivity index (χ3v) is 6.05. The number of hydrogen-bond acceptors (Lipinski definition) is 2. The molecule has 0 aliphatic rings. The van der Waals surface area contributed by atoms with Gasteiger partial charge in [-0.25, -0.2) is 0 Å². The van der Waals surface area contributed by atoms with Crippen molar-refractivity contribution < 1.29 is 10.2 Å². The van der Waals surface area contributed by atoms with E-state index in [1.54, 1.807) is 0 Å². The molecule has 0 unspecified atom stereocenters. The molecule has 0 heterocycles. The Morgan fingerprint density at radius 1 is 0.400 bits per heavy atom. The van der Waals surface area contributed by atoms with Crippen LogP contribution in [0, 0.1) is 0 Å². The van der Waals surface area contributed by atoms with E-state index in [1.807, 2.05) is 54.6 Å². The van der Waals surface area contributed by atoms with Crippen molar-refractivity contribution in [2.24, 2.45) is 0 Å². The first kappa shape index (κ1) is 16.9. The molecule has 0 radical (unpaired) electrons. The molecule has 0 amide bonds. The highest BCUT2D eigenvalue weighted by Gasteiger charge is 2.16. The van der Waals surface area contributed by atoms with Crippen LogP contribution in [0.1, 0.15) is 0 Å². The van der Waals surface area contributed by atoms with Gasteiger partial charge in [0.25, 0.3) is 0 Å². The van der Waals surface area contributed by atoms with Crippen LogP contribution in [0.4, 0.5) is 0 Å². The SMILES string of the molecule is Oc1c(-c2ccc3ccc4ccccc4c3c2)cc2c(ccc3ccccc32)c1O. The summed E-state index contributed by atoms with van der Waals surface area (Å²) in [6.45, 7) is 0. The van der Waals surface area contributed by atoms with E-state index in [0.717, 1.165) is 32.5 Å². The van der Waals surface area contributed by atoms with Gasteiger partial charge in [0.05, 0.1) is 0 Å². The number of aromatic hydroxyl groups is 2. The van der Waals surface area contributed by atoms with Crippen molar-refractivity contribution in [3.63, 3.8) is 0 Å². The molecule has 0 fully saturated rings. The standard InChI is InChI=1S/C28H18O2/c29-27-23-14-13-18-6-2-4-8-22(18)26(23)16-25(28(27)30)20-12-11-19-10-9-17-5-1-3-7-21(17)24(19)15-20/h1-16,29-30H. The molecule has 0 aromatic heterocycles. The molecule has 0 saturated heterocycles. The molecule has 6 rings (SSSR count). The Balaban J connectivity index is 1.69. The number of rotatable bonds is 1. The van der Waals surface area contributed by atoms with Crippen LogP contribution < -0.4 is 0 Å². The zero-order valence-corrected chi connectivity index (χ0v) is 16.1. The second-order valence-corrected chi connectivity index (χ2v) is 7.73. The van der Waals surface area contributed by atoms with Gasteiger partial charge in [0.2, 0.25) is 0 Å². The Labute approximate surface area is 173 Å². The summed E-state index contributed by atoms with van der Waals surface area (Å²) < 4.78 is 0. The summed E-state index contributed by atoms with van der Waals surface area (Å²) in [4.78, 5) is 0. The van der Waals surface area contributed by atoms with Gasteiger partial charge in [-0.2, -0.15) is 0 Å². The molecule has 0 atom stereocenters. The van der Waals surface area contributed by atoms with Crippen molar-refractivity contribution in [1.82, 2.24) is 0 Å². The molecule has 2 nitrogen and oxygen atoms in total. The summed E-state index contributed by atoms with van der Waals surface area (Å²) in [6.07, 6.45) is 0. The van der Waals surface area contributed by atoms with E-state index in [-0.39, 0.29) is 11.5 Å². The lowest BCUT2D eigenvalue weighted by molar-refractivity contribution is 0.409. The second-order valence-electron chi connectivity index (χ2n) is 7.73. The highest BCUT2D eigenvalue weighted by atomic mass is 16.3. The van der Waals surface area contributed by atoms with Gasteiger partial charge < -0.3 is 10.2 Å². The summed E-state index contributed by atoms with van der Waals surface area (Å²) in [5.41, 5.74) is 1.51. The lowest BCUT2D eigenvalue weighted by atomic mass is 9.93. The molecule has 30 heavy (non-hydrogen) atoms. The van der Waals surface area contributed by atoms with Gasteiger partial charge in [-0.1, -0.05) is 78.9 Å². The molecular weight excluding hydrogens is 368 g/mol. The molecule has 2 N–H and O–H groups in total. The Morgan fingerprint density at radius 3 is 1.70 bits per heavy atom. The second kappa shape index (κ2) is 6.23. The van der Waals surface area contributed by atoms with Crippen molar-refractivity contribution in [3.05, 3.63) is 97.1 Å². The van der Waals surface area contributed by atoms with E-state index >= 15 is 0 Å². The number of phenols is 2. The normalized spacial score (nSPS) is 11.6. The van der Waals surface area contributed by atoms with Gasteiger partial charge in [-0.15, -0.1) is 0 Å². The molecule has 6 aromatic carbocycles. The third kappa shape index (κ3) is 2.37. The smallest absolute Gasteiger partial charge is 0.166 e. The average Bonchev–Trinajstić information content (AvgIpc) is 2.80. The van der Waals surface area contributed by atoms with Crippen LogP contribution in [0.2, 0.25) is 0 Å². The first-order chi connectivity index (χ1) is 14.7. The van der Waals surface area contributed by atoms with Gasteiger partial charge in [-0.05, 0) is 61.5 Å². The highest BCUT2D eigenvalue weighted by Crippen LogP contribution is 2.45. The topological polar surface area (TPSA) is 40.5 Å². The molecular formula is C28H18O2. The molecule has 0 aliphatic heterocycles. The predicted octanol–water partition coefficient (Wildman–Crippen LogP) is 7.38. The third-order valence-electron chi connectivity index (χ3n) is 6.05. The van der Waals surface area contributed by atoms with E-state index in [1.165, 1.54) is 10.8 Å². The molecule has 0 bridgehead atoms. The Bertz CT molecular complexity index is 1610. The predicted molar refractivity (Wildman–Crippen MR) is 125 cm³/mol. The van der Waals surface area contributed by atoms with Gasteiger partial charge in [0.1, 0.15) is 0 Å². The summed E-state index contributed by atoms with van der Waals surface area (Å²) in [5.74, 6) is -0.163. The van der Waals surface area contributed by atoms with Crippen LogP contribution in [-0.2, 0) is 0 Å². The number of phenolic OH excluding ortho intramolecular Hbond substituents is 2. The Kier molecular flexibility index (Phi) is 3.50. The lowest BCUT2D eigenvalue weighted by Crippen LogP contribution is -1.86. The monoisotopic (exact) mass is 386 g/mol. The van der Waals surface area contributed by atoms with Crippen LogP contribution in [0.5, 0.6) is 11.5 Å². The van der Waals surface area contributed by atoms with Crippen LogP contribution in [0.15, 0.2) is 97.1 Å². The van der Waals surface area contributed by atoms with Crippen molar-refractivity contribution in [3.8, 4) is 22.6 Å². The van der Waals surface area contributed by atoms with E-state index in [0.29, 0.717) is 10.9 Å². The zero-order chi connectivity index (χ0) is 20.2. The first-order valence-electron chi connectivity index (χ1n) is 9.99. The minimum absolute atomic E-state index is 0.0775. The Morgan fingerprint density at radius 2 is 0.967 bits per heavy atom. The van der Waals surface area contributed by atoms with Crippen molar-refractivity contribution in [1.29, 1.82) is 0 Å². The maximum atomic E-state index is 10.9. The highest BCUT2D eigenvalue weighted by molar-refractivity contribution is 6.13. The Hall–Kier alpha value is -4.04. The molecule has 0 aliphatic carbocycles. The van der Waals surface area contributed by atoms with Crippen LogP contribution in [0.25, 0.3) is 54.2 Å². The van der Waals surface area contributed by atoms with Gasteiger partial charge in [0.15, 0.2) is 11.5 Å². The molecule has 0 saturated carbocycles. The van der Waals surface area contributed by atoms with Crippen LogP contribution in [0.3, 0.4) is 0 Å². The van der Waals surface area contributed by atoms with Crippen LogP contribution >= 0.6 is 0 Å². The number of benzene rings is 6.